The molecule has 1 atom stereocenters. The quantitative estimate of drug-likeness (QED) is 0.650. The van der Waals surface area contributed by atoms with Crippen LogP contribution in [0.2, 0.25) is 0 Å². The van der Waals surface area contributed by atoms with E-state index in [-0.39, 0.29) is 6.10 Å². The Kier molecular flexibility index (Phi) is 4.75. The van der Waals surface area contributed by atoms with E-state index in [0.717, 1.165) is 12.0 Å². The topological polar surface area (TPSA) is 9.23 Å². The smallest absolute Gasteiger partial charge is 0.105 e. The molecule has 1 aromatic rings. The molecule has 0 spiro atoms. The third kappa shape index (κ3) is 3.05. The van der Waals surface area contributed by atoms with Crippen molar-refractivity contribution in [1.82, 2.24) is 0 Å². The fourth-order valence-corrected chi connectivity index (χ4v) is 2.51. The van der Waals surface area contributed by atoms with E-state index in [2.05, 4.69) is 44.3 Å². The third-order valence-electron chi connectivity index (χ3n) is 3.63. The zero-order valence-corrected chi connectivity index (χ0v) is 11.7. The molecule has 0 saturated heterocycles. The van der Waals surface area contributed by atoms with E-state index in [9.17, 15) is 0 Å². The Bertz CT molecular complexity index is 482. The maximum absolute atomic E-state index is 6.00. The van der Waals surface area contributed by atoms with Crippen molar-refractivity contribution in [1.29, 1.82) is 0 Å². The molecule has 2 rings (SSSR count). The lowest BCUT2D eigenvalue weighted by Gasteiger charge is -2.15. The standard InChI is InChI=1S/C18H22O/c1-4-6-12-16-17(14(3)5-2)13-19-18(16)15-10-8-7-9-11-15/h5,7-11,18H,2-4,6,12-13H2,1H3. The Morgan fingerprint density at radius 2 is 2.11 bits per heavy atom. The minimum atomic E-state index is 0.0967. The number of hydrogen-bond donors (Lipinski definition) is 0. The number of unbranched alkanes of at least 4 members (excludes halogenated alkanes) is 1. The van der Waals surface area contributed by atoms with Gasteiger partial charge in [-0.2, -0.15) is 0 Å². The van der Waals surface area contributed by atoms with Crippen LogP contribution in [0.3, 0.4) is 0 Å². The van der Waals surface area contributed by atoms with Crippen molar-refractivity contribution in [2.75, 3.05) is 6.61 Å². The number of benzene rings is 1. The van der Waals surface area contributed by atoms with Gasteiger partial charge in [-0.05, 0) is 35.1 Å². The first kappa shape index (κ1) is 13.8. The maximum Gasteiger partial charge on any atom is 0.105 e. The first-order valence-electron chi connectivity index (χ1n) is 6.98. The molecule has 0 radical (unpaired) electrons. The molecular weight excluding hydrogens is 232 g/mol. The summed E-state index contributed by atoms with van der Waals surface area (Å²) in [4.78, 5) is 0. The second-order valence-corrected chi connectivity index (χ2v) is 4.94. The SMILES string of the molecule is C=CC(=C)C1=C(CCCC)C(c2ccccc2)OC1. The van der Waals surface area contributed by atoms with Gasteiger partial charge in [-0.3, -0.25) is 0 Å². The lowest BCUT2D eigenvalue weighted by Crippen LogP contribution is -2.01. The van der Waals surface area contributed by atoms with Crippen LogP contribution in [0.4, 0.5) is 0 Å². The van der Waals surface area contributed by atoms with Gasteiger partial charge >= 0.3 is 0 Å². The van der Waals surface area contributed by atoms with Crippen LogP contribution in [0, 0.1) is 0 Å². The summed E-state index contributed by atoms with van der Waals surface area (Å²) in [5, 5.41) is 0. The van der Waals surface area contributed by atoms with Crippen LogP contribution < -0.4 is 0 Å². The maximum atomic E-state index is 6.00. The molecule has 1 aromatic carbocycles. The average Bonchev–Trinajstić information content (AvgIpc) is 2.89. The molecule has 0 aliphatic carbocycles. The fraction of sp³-hybridized carbons (Fsp3) is 0.333. The Labute approximate surface area is 116 Å². The van der Waals surface area contributed by atoms with E-state index in [1.807, 2.05) is 12.1 Å². The van der Waals surface area contributed by atoms with Gasteiger partial charge in [0.15, 0.2) is 0 Å². The van der Waals surface area contributed by atoms with Crippen molar-refractivity contribution in [3.8, 4) is 0 Å². The second kappa shape index (κ2) is 6.53. The third-order valence-corrected chi connectivity index (χ3v) is 3.63. The highest BCUT2D eigenvalue weighted by Gasteiger charge is 2.27. The number of hydrogen-bond acceptors (Lipinski definition) is 1. The van der Waals surface area contributed by atoms with Crippen LogP contribution in [-0.2, 0) is 4.74 Å². The first-order chi connectivity index (χ1) is 9.27. The molecule has 1 aliphatic rings. The molecule has 1 unspecified atom stereocenters. The van der Waals surface area contributed by atoms with Crippen molar-refractivity contribution >= 4 is 0 Å². The van der Waals surface area contributed by atoms with E-state index in [1.165, 1.54) is 29.6 Å². The molecule has 0 aromatic heterocycles. The van der Waals surface area contributed by atoms with Crippen molar-refractivity contribution in [2.45, 2.75) is 32.3 Å². The summed E-state index contributed by atoms with van der Waals surface area (Å²) < 4.78 is 6.00. The molecule has 0 N–H and O–H groups in total. The summed E-state index contributed by atoms with van der Waals surface area (Å²) in [6.07, 6.45) is 5.39. The molecule has 0 saturated carbocycles. The molecule has 1 nitrogen and oxygen atoms in total. The highest BCUT2D eigenvalue weighted by Crippen LogP contribution is 2.39. The summed E-state index contributed by atoms with van der Waals surface area (Å²) in [6, 6.07) is 10.4. The molecule has 100 valence electrons. The van der Waals surface area contributed by atoms with E-state index in [1.54, 1.807) is 0 Å². The van der Waals surface area contributed by atoms with Crippen molar-refractivity contribution in [3.63, 3.8) is 0 Å². The van der Waals surface area contributed by atoms with Crippen molar-refractivity contribution < 1.29 is 4.74 Å². The fourth-order valence-electron chi connectivity index (χ4n) is 2.51. The van der Waals surface area contributed by atoms with Crippen LogP contribution in [0.25, 0.3) is 0 Å². The summed E-state index contributed by atoms with van der Waals surface area (Å²) in [7, 11) is 0. The Morgan fingerprint density at radius 3 is 2.74 bits per heavy atom. The van der Waals surface area contributed by atoms with Gasteiger partial charge in [0.2, 0.25) is 0 Å². The molecule has 0 bridgehead atoms. The Morgan fingerprint density at radius 1 is 1.37 bits per heavy atom. The molecule has 0 fully saturated rings. The molecule has 1 heteroatoms. The molecule has 1 heterocycles. The van der Waals surface area contributed by atoms with Crippen LogP contribution in [0.5, 0.6) is 0 Å². The van der Waals surface area contributed by atoms with Crippen LogP contribution in [0.1, 0.15) is 37.9 Å². The van der Waals surface area contributed by atoms with Gasteiger partial charge < -0.3 is 4.74 Å². The number of ether oxygens (including phenoxy) is 1. The first-order valence-corrected chi connectivity index (χ1v) is 6.98. The summed E-state index contributed by atoms with van der Waals surface area (Å²) >= 11 is 0. The molecule has 19 heavy (non-hydrogen) atoms. The second-order valence-electron chi connectivity index (χ2n) is 4.94. The lowest BCUT2D eigenvalue weighted by molar-refractivity contribution is 0.119. The summed E-state index contributed by atoms with van der Waals surface area (Å²) in [6.45, 7) is 10.8. The zero-order chi connectivity index (χ0) is 13.7. The Hall–Kier alpha value is -1.60. The van der Waals surface area contributed by atoms with Crippen molar-refractivity contribution in [3.05, 3.63) is 71.8 Å². The van der Waals surface area contributed by atoms with E-state index >= 15 is 0 Å². The number of rotatable bonds is 6. The minimum Gasteiger partial charge on any atom is -0.364 e. The molecular formula is C18H22O. The lowest BCUT2D eigenvalue weighted by atomic mass is 9.92. The zero-order valence-electron chi connectivity index (χ0n) is 11.7. The molecule has 1 aliphatic heterocycles. The van der Waals surface area contributed by atoms with Gasteiger partial charge in [0.25, 0.3) is 0 Å². The van der Waals surface area contributed by atoms with Gasteiger partial charge in [0.05, 0.1) is 6.61 Å². The highest BCUT2D eigenvalue weighted by molar-refractivity contribution is 5.46. The summed E-state index contributed by atoms with van der Waals surface area (Å²) in [5.41, 5.74) is 4.88. The normalized spacial score (nSPS) is 18.7. The average molecular weight is 254 g/mol. The van der Waals surface area contributed by atoms with Gasteiger partial charge in [0.1, 0.15) is 6.10 Å². The van der Waals surface area contributed by atoms with Gasteiger partial charge in [-0.15, -0.1) is 0 Å². The predicted octanol–water partition coefficient (Wildman–Crippen LogP) is 4.99. The number of allylic oxidation sites excluding steroid dienone is 1. The van der Waals surface area contributed by atoms with E-state index in [0.29, 0.717) is 6.61 Å². The molecule has 0 amide bonds. The van der Waals surface area contributed by atoms with Crippen LogP contribution >= 0.6 is 0 Å². The van der Waals surface area contributed by atoms with Gasteiger partial charge in [-0.1, -0.05) is 62.9 Å². The Balaban J connectivity index is 2.32. The minimum absolute atomic E-state index is 0.0967. The highest BCUT2D eigenvalue weighted by atomic mass is 16.5. The van der Waals surface area contributed by atoms with Crippen molar-refractivity contribution in [2.24, 2.45) is 0 Å². The monoisotopic (exact) mass is 254 g/mol. The predicted molar refractivity (Wildman–Crippen MR) is 81.0 cm³/mol. The largest absolute Gasteiger partial charge is 0.364 e. The van der Waals surface area contributed by atoms with E-state index in [4.69, 9.17) is 4.74 Å². The summed E-state index contributed by atoms with van der Waals surface area (Å²) in [5.74, 6) is 0. The van der Waals surface area contributed by atoms with Gasteiger partial charge in [-0.25, -0.2) is 0 Å². The van der Waals surface area contributed by atoms with E-state index < -0.39 is 0 Å². The van der Waals surface area contributed by atoms with Crippen LogP contribution in [0.15, 0.2) is 66.3 Å². The van der Waals surface area contributed by atoms with Gasteiger partial charge in [0, 0.05) is 0 Å². The van der Waals surface area contributed by atoms with Crippen LogP contribution in [-0.4, -0.2) is 6.61 Å².